The molecule has 1 amide bonds. The highest BCUT2D eigenvalue weighted by Crippen LogP contribution is 2.37. The molecule has 0 radical (unpaired) electrons. The lowest BCUT2D eigenvalue weighted by Crippen LogP contribution is -2.30. The third kappa shape index (κ3) is 4.61. The normalized spacial score (nSPS) is 10.6. The molecule has 0 fully saturated rings. The van der Waals surface area contributed by atoms with Crippen LogP contribution < -0.4 is 19.5 Å². The molecular formula is C21H18F2N2O7. The maximum absolute atomic E-state index is 13.9. The molecule has 1 aromatic heterocycles. The number of halogens is 2. The van der Waals surface area contributed by atoms with E-state index in [-0.39, 0.29) is 34.8 Å². The number of aliphatic carboxylic acids is 1. The summed E-state index contributed by atoms with van der Waals surface area (Å²) in [6.45, 7) is 1.18. The molecule has 168 valence electrons. The molecule has 3 N–H and O–H groups in total. The second-order valence-corrected chi connectivity index (χ2v) is 6.35. The minimum absolute atomic E-state index is 0.0293. The van der Waals surface area contributed by atoms with Crippen molar-refractivity contribution in [1.29, 1.82) is 0 Å². The van der Waals surface area contributed by atoms with Gasteiger partial charge in [-0.3, -0.25) is 9.59 Å². The lowest BCUT2D eigenvalue weighted by atomic mass is 10.1. The van der Waals surface area contributed by atoms with Crippen LogP contribution in [0.25, 0.3) is 10.8 Å². The Kier molecular flexibility index (Phi) is 6.57. The van der Waals surface area contributed by atoms with Crippen LogP contribution in [0.2, 0.25) is 0 Å². The lowest BCUT2D eigenvalue weighted by molar-refractivity contribution is -0.135. The molecule has 1 heterocycles. The van der Waals surface area contributed by atoms with E-state index in [1.54, 1.807) is 6.92 Å². The van der Waals surface area contributed by atoms with Crippen molar-refractivity contribution in [2.45, 2.75) is 6.92 Å². The van der Waals surface area contributed by atoms with Crippen LogP contribution in [0.1, 0.15) is 17.4 Å². The van der Waals surface area contributed by atoms with E-state index in [2.05, 4.69) is 15.0 Å². The summed E-state index contributed by atoms with van der Waals surface area (Å²) in [5.74, 6) is -5.14. The van der Waals surface area contributed by atoms with E-state index >= 15 is 0 Å². The molecule has 2 aromatic carbocycles. The Morgan fingerprint density at radius 2 is 1.78 bits per heavy atom. The molecular weight excluding hydrogens is 430 g/mol. The highest BCUT2D eigenvalue weighted by molar-refractivity contribution is 6.04. The molecule has 0 aliphatic carbocycles. The van der Waals surface area contributed by atoms with Crippen molar-refractivity contribution < 1.29 is 42.8 Å². The van der Waals surface area contributed by atoms with Gasteiger partial charge in [-0.15, -0.1) is 0 Å². The summed E-state index contributed by atoms with van der Waals surface area (Å²) in [6.07, 6.45) is 0. The van der Waals surface area contributed by atoms with E-state index < -0.39 is 47.2 Å². The highest BCUT2D eigenvalue weighted by Gasteiger charge is 2.21. The van der Waals surface area contributed by atoms with Gasteiger partial charge in [-0.2, -0.15) is 0 Å². The van der Waals surface area contributed by atoms with E-state index in [0.29, 0.717) is 0 Å². The molecule has 0 aliphatic rings. The number of carboxylic acids is 1. The monoisotopic (exact) mass is 448 g/mol. The zero-order valence-corrected chi connectivity index (χ0v) is 16.9. The number of nitrogens with one attached hydrogen (secondary N) is 1. The van der Waals surface area contributed by atoms with Gasteiger partial charge in [0.1, 0.15) is 18.0 Å². The Morgan fingerprint density at radius 3 is 2.38 bits per heavy atom. The summed E-state index contributed by atoms with van der Waals surface area (Å²) in [6, 6.07) is 6.10. The van der Waals surface area contributed by atoms with Gasteiger partial charge in [0.15, 0.2) is 28.8 Å². The van der Waals surface area contributed by atoms with Crippen molar-refractivity contribution in [2.24, 2.45) is 0 Å². The fourth-order valence-electron chi connectivity index (χ4n) is 2.88. The largest absolute Gasteiger partial charge is 0.505 e. The Balaban J connectivity index is 2.02. The highest BCUT2D eigenvalue weighted by atomic mass is 19.1. The van der Waals surface area contributed by atoms with Crippen LogP contribution in [0.15, 0.2) is 30.3 Å². The van der Waals surface area contributed by atoms with Crippen molar-refractivity contribution in [2.75, 3.05) is 20.3 Å². The first-order chi connectivity index (χ1) is 15.2. The predicted molar refractivity (Wildman–Crippen MR) is 108 cm³/mol. The summed E-state index contributed by atoms with van der Waals surface area (Å²) in [4.78, 5) is 26.9. The topological polar surface area (TPSA) is 127 Å². The number of aromatic nitrogens is 1. The second kappa shape index (κ2) is 9.33. The summed E-state index contributed by atoms with van der Waals surface area (Å²) < 4.78 is 43.5. The SMILES string of the molecule is CCOc1nc(C(=O)NCC(=O)O)c(O)c2ccc(Oc3cc(F)c(OC)c(F)c3)cc12. The molecule has 0 unspecified atom stereocenters. The van der Waals surface area contributed by atoms with Gasteiger partial charge in [0.05, 0.1) is 19.1 Å². The van der Waals surface area contributed by atoms with Gasteiger partial charge in [0.2, 0.25) is 5.88 Å². The van der Waals surface area contributed by atoms with Gasteiger partial charge >= 0.3 is 5.97 Å². The van der Waals surface area contributed by atoms with Gasteiger partial charge in [0.25, 0.3) is 5.91 Å². The number of carboxylic acid groups (broad SMARTS) is 1. The number of benzene rings is 2. The Morgan fingerprint density at radius 1 is 1.09 bits per heavy atom. The molecule has 0 spiro atoms. The molecule has 0 atom stereocenters. The van der Waals surface area contributed by atoms with Crippen molar-refractivity contribution >= 4 is 22.6 Å². The Labute approximate surface area is 180 Å². The molecule has 3 aromatic rings. The number of carbonyl (C=O) groups is 2. The van der Waals surface area contributed by atoms with Crippen LogP contribution in [0.3, 0.4) is 0 Å². The van der Waals surface area contributed by atoms with Crippen molar-refractivity contribution in [1.82, 2.24) is 10.3 Å². The molecule has 32 heavy (non-hydrogen) atoms. The molecule has 0 aliphatic heterocycles. The molecule has 9 nitrogen and oxygen atoms in total. The maximum atomic E-state index is 13.9. The number of rotatable bonds is 8. The van der Waals surface area contributed by atoms with E-state index in [4.69, 9.17) is 14.6 Å². The van der Waals surface area contributed by atoms with Gasteiger partial charge in [-0.25, -0.2) is 13.8 Å². The smallest absolute Gasteiger partial charge is 0.322 e. The van der Waals surface area contributed by atoms with Crippen LogP contribution >= 0.6 is 0 Å². The first-order valence-corrected chi connectivity index (χ1v) is 9.25. The summed E-state index contributed by atoms with van der Waals surface area (Å²) >= 11 is 0. The van der Waals surface area contributed by atoms with Crippen molar-refractivity contribution in [3.05, 3.63) is 47.7 Å². The number of ether oxygens (including phenoxy) is 3. The number of methoxy groups -OCH3 is 1. The molecule has 0 saturated carbocycles. The van der Waals surface area contributed by atoms with Gasteiger partial charge in [-0.1, -0.05) is 0 Å². The van der Waals surface area contributed by atoms with Crippen molar-refractivity contribution in [3.63, 3.8) is 0 Å². The number of nitrogens with zero attached hydrogens (tertiary/aromatic N) is 1. The van der Waals surface area contributed by atoms with Crippen LogP contribution in [0.5, 0.6) is 28.9 Å². The first-order valence-electron chi connectivity index (χ1n) is 9.25. The number of carbonyl (C=O) groups excluding carboxylic acids is 1. The quantitative estimate of drug-likeness (QED) is 0.479. The summed E-state index contributed by atoms with van der Waals surface area (Å²) in [7, 11) is 1.14. The van der Waals surface area contributed by atoms with E-state index in [0.717, 1.165) is 19.2 Å². The number of hydrogen-bond acceptors (Lipinski definition) is 7. The minimum atomic E-state index is -1.27. The van der Waals surface area contributed by atoms with Crippen LogP contribution in [-0.2, 0) is 4.79 Å². The zero-order valence-electron chi connectivity index (χ0n) is 16.9. The number of aromatic hydroxyl groups is 1. The average Bonchev–Trinajstić information content (AvgIpc) is 2.74. The van der Waals surface area contributed by atoms with Crippen LogP contribution in [-0.4, -0.2) is 47.3 Å². The van der Waals surface area contributed by atoms with Gasteiger partial charge < -0.3 is 29.7 Å². The number of fused-ring (bicyclic) bond motifs is 1. The predicted octanol–water partition coefficient (Wildman–Crippen LogP) is 3.23. The third-order valence-corrected chi connectivity index (χ3v) is 4.22. The fourth-order valence-corrected chi connectivity index (χ4v) is 2.88. The van der Waals surface area contributed by atoms with Crippen LogP contribution in [0.4, 0.5) is 8.78 Å². The molecule has 11 heteroatoms. The Hall–Kier alpha value is -4.15. The Bertz CT molecular complexity index is 1180. The molecule has 0 saturated heterocycles. The van der Waals surface area contributed by atoms with Crippen LogP contribution in [0, 0.1) is 11.6 Å². The number of hydrogen-bond donors (Lipinski definition) is 3. The zero-order chi connectivity index (χ0) is 23.4. The van der Waals surface area contributed by atoms with Gasteiger partial charge in [0, 0.05) is 17.5 Å². The van der Waals surface area contributed by atoms with Crippen molar-refractivity contribution in [3.8, 4) is 28.9 Å². The fraction of sp³-hybridized carbons (Fsp3) is 0.190. The third-order valence-electron chi connectivity index (χ3n) is 4.22. The number of pyridine rings is 1. The van der Waals surface area contributed by atoms with E-state index in [1.165, 1.54) is 18.2 Å². The lowest BCUT2D eigenvalue weighted by Gasteiger charge is -2.14. The standard InChI is InChI=1S/C21H18F2N2O7/c1-3-31-21-13-6-10(32-11-7-14(22)19(30-2)15(23)8-11)4-5-12(13)18(28)17(25-21)20(29)24-9-16(26)27/h4-8,28H,3,9H2,1-2H3,(H,24,29)(H,26,27). The molecule has 0 bridgehead atoms. The average molecular weight is 448 g/mol. The minimum Gasteiger partial charge on any atom is -0.505 e. The summed E-state index contributed by atoms with van der Waals surface area (Å²) in [5, 5.41) is 21.8. The van der Waals surface area contributed by atoms with E-state index in [9.17, 15) is 23.5 Å². The molecule has 3 rings (SSSR count). The second-order valence-electron chi connectivity index (χ2n) is 6.35. The first kappa shape index (κ1) is 22.5. The van der Waals surface area contributed by atoms with E-state index in [1.807, 2.05) is 0 Å². The maximum Gasteiger partial charge on any atom is 0.322 e. The van der Waals surface area contributed by atoms with Gasteiger partial charge in [-0.05, 0) is 25.1 Å². The number of amides is 1. The summed E-state index contributed by atoms with van der Waals surface area (Å²) in [5.41, 5.74) is -0.421.